The van der Waals surface area contributed by atoms with Crippen LogP contribution in [0.25, 0.3) is 0 Å². The van der Waals surface area contributed by atoms with Gasteiger partial charge in [-0.25, -0.2) is 0 Å². The number of carbonyl (C=O) groups excluding carboxylic acids is 2. The summed E-state index contributed by atoms with van der Waals surface area (Å²) in [5.41, 5.74) is 4.49. The summed E-state index contributed by atoms with van der Waals surface area (Å²) in [5.74, 6) is -2.11. The molecule has 0 heterocycles. The van der Waals surface area contributed by atoms with Gasteiger partial charge in [0.05, 0.1) is 6.54 Å². The minimum atomic E-state index is -1.14. The Kier molecular flexibility index (Phi) is 4.09. The first-order chi connectivity index (χ1) is 7.85. The van der Waals surface area contributed by atoms with E-state index < -0.39 is 23.8 Å². The first-order valence-corrected chi connectivity index (χ1v) is 5.64. The molecule has 96 valence electrons. The second-order valence-electron chi connectivity index (χ2n) is 4.79. The highest BCUT2D eigenvalue weighted by Gasteiger charge is 2.39. The number of carboxylic acid groups (broad SMARTS) is 1. The summed E-state index contributed by atoms with van der Waals surface area (Å²) >= 11 is 0. The zero-order valence-corrected chi connectivity index (χ0v) is 9.94. The van der Waals surface area contributed by atoms with Crippen LogP contribution in [-0.2, 0) is 14.4 Å². The summed E-state index contributed by atoms with van der Waals surface area (Å²) in [7, 11) is 0. The van der Waals surface area contributed by atoms with Gasteiger partial charge in [-0.15, -0.1) is 0 Å². The molecule has 0 spiro atoms. The van der Waals surface area contributed by atoms with Crippen molar-refractivity contribution in [2.75, 3.05) is 13.1 Å². The zero-order chi connectivity index (χ0) is 13.1. The van der Waals surface area contributed by atoms with Crippen LogP contribution in [0.3, 0.4) is 0 Å². The number of primary amides is 1. The number of hydrogen-bond donors (Lipinski definition) is 2. The molecule has 0 radical (unpaired) electrons. The van der Waals surface area contributed by atoms with Gasteiger partial charge in [0, 0.05) is 5.41 Å². The second-order valence-corrected chi connectivity index (χ2v) is 4.79. The third-order valence-corrected chi connectivity index (χ3v) is 3.18. The fourth-order valence-corrected chi connectivity index (χ4v) is 2.30. The molecule has 3 N–H and O–H groups in total. The Labute approximate surface area is 99.8 Å². The summed E-state index contributed by atoms with van der Waals surface area (Å²) in [6.07, 6.45) is 3.39. The number of carbonyl (C=O) groups is 3. The molecule has 0 atom stereocenters. The Bertz CT molecular complexity index is 318. The van der Waals surface area contributed by atoms with E-state index in [1.165, 1.54) is 0 Å². The average Bonchev–Trinajstić information content (AvgIpc) is 2.63. The maximum Gasteiger partial charge on any atom is 0.323 e. The number of aliphatic carboxylic acids is 1. The summed E-state index contributed by atoms with van der Waals surface area (Å²) in [4.78, 5) is 34.7. The number of carboxylic acids is 1. The van der Waals surface area contributed by atoms with Crippen molar-refractivity contribution in [2.45, 2.75) is 32.6 Å². The van der Waals surface area contributed by atoms with E-state index in [0.29, 0.717) is 0 Å². The average molecular weight is 242 g/mol. The first-order valence-electron chi connectivity index (χ1n) is 5.64. The third kappa shape index (κ3) is 3.44. The largest absolute Gasteiger partial charge is 0.480 e. The summed E-state index contributed by atoms with van der Waals surface area (Å²) < 4.78 is 0. The maximum atomic E-state index is 12.2. The van der Waals surface area contributed by atoms with Crippen LogP contribution >= 0.6 is 0 Å². The molecule has 2 amide bonds. The Morgan fingerprint density at radius 1 is 1.24 bits per heavy atom. The van der Waals surface area contributed by atoms with Crippen LogP contribution < -0.4 is 5.73 Å². The molecular formula is C11H18N2O4. The fourth-order valence-electron chi connectivity index (χ4n) is 2.30. The highest BCUT2D eigenvalue weighted by Crippen LogP contribution is 2.39. The molecule has 0 aromatic rings. The van der Waals surface area contributed by atoms with E-state index in [4.69, 9.17) is 10.8 Å². The van der Waals surface area contributed by atoms with Crippen LogP contribution in [0.5, 0.6) is 0 Å². The van der Waals surface area contributed by atoms with Gasteiger partial charge < -0.3 is 15.7 Å². The van der Waals surface area contributed by atoms with Gasteiger partial charge in [-0.2, -0.15) is 0 Å². The van der Waals surface area contributed by atoms with E-state index in [2.05, 4.69) is 0 Å². The van der Waals surface area contributed by atoms with Gasteiger partial charge in [0.1, 0.15) is 6.54 Å². The molecule has 1 rings (SSSR count). The standard InChI is InChI=1S/C11H18N2O4/c1-11(4-2-3-5-11)10(17)13(6-8(12)14)7-9(15)16/h2-7H2,1H3,(H2,12,14)(H,15,16). The number of hydrogen-bond acceptors (Lipinski definition) is 3. The maximum absolute atomic E-state index is 12.2. The van der Waals surface area contributed by atoms with Crippen molar-refractivity contribution in [2.24, 2.45) is 11.1 Å². The van der Waals surface area contributed by atoms with E-state index in [9.17, 15) is 14.4 Å². The molecule has 0 aromatic heterocycles. The number of rotatable bonds is 5. The molecule has 1 fully saturated rings. The van der Waals surface area contributed by atoms with Gasteiger partial charge in [0.15, 0.2) is 0 Å². The molecule has 0 unspecified atom stereocenters. The van der Waals surface area contributed by atoms with Gasteiger partial charge in [-0.05, 0) is 12.8 Å². The lowest BCUT2D eigenvalue weighted by Crippen LogP contribution is -2.47. The topological polar surface area (TPSA) is 101 Å². The lowest BCUT2D eigenvalue weighted by atomic mass is 9.87. The normalized spacial score (nSPS) is 17.7. The molecule has 6 nitrogen and oxygen atoms in total. The van der Waals surface area contributed by atoms with Gasteiger partial charge in [-0.3, -0.25) is 14.4 Å². The predicted octanol–water partition coefficient (Wildman–Crippen LogP) is -0.0348. The Morgan fingerprint density at radius 3 is 2.18 bits per heavy atom. The highest BCUT2D eigenvalue weighted by molar-refractivity contribution is 5.89. The first kappa shape index (κ1) is 13.5. The molecule has 1 aliphatic rings. The van der Waals surface area contributed by atoms with E-state index in [1.807, 2.05) is 6.92 Å². The molecule has 0 saturated heterocycles. The molecule has 0 aromatic carbocycles. The van der Waals surface area contributed by atoms with Crippen molar-refractivity contribution in [1.82, 2.24) is 4.90 Å². The molecule has 0 bridgehead atoms. The van der Waals surface area contributed by atoms with Gasteiger partial charge in [0.2, 0.25) is 11.8 Å². The number of nitrogens with two attached hydrogens (primary N) is 1. The minimum Gasteiger partial charge on any atom is -0.480 e. The van der Waals surface area contributed by atoms with Crippen molar-refractivity contribution in [3.05, 3.63) is 0 Å². The summed E-state index contributed by atoms with van der Waals surface area (Å²) in [5, 5.41) is 8.73. The van der Waals surface area contributed by atoms with E-state index >= 15 is 0 Å². The van der Waals surface area contributed by atoms with Crippen LogP contribution in [0.1, 0.15) is 32.6 Å². The number of nitrogens with zero attached hydrogens (tertiary/aromatic N) is 1. The van der Waals surface area contributed by atoms with E-state index in [0.717, 1.165) is 30.6 Å². The van der Waals surface area contributed by atoms with Crippen LogP contribution in [0, 0.1) is 5.41 Å². The van der Waals surface area contributed by atoms with Crippen molar-refractivity contribution in [1.29, 1.82) is 0 Å². The molecule has 1 saturated carbocycles. The minimum absolute atomic E-state index is 0.281. The van der Waals surface area contributed by atoms with Gasteiger partial charge in [-0.1, -0.05) is 19.8 Å². The molecular weight excluding hydrogens is 224 g/mol. The molecule has 1 aliphatic carbocycles. The van der Waals surface area contributed by atoms with Crippen molar-refractivity contribution in [3.63, 3.8) is 0 Å². The van der Waals surface area contributed by atoms with Crippen LogP contribution in [0.4, 0.5) is 0 Å². The fraction of sp³-hybridized carbons (Fsp3) is 0.727. The number of amides is 2. The Morgan fingerprint density at radius 2 is 1.76 bits per heavy atom. The highest BCUT2D eigenvalue weighted by atomic mass is 16.4. The van der Waals surface area contributed by atoms with Gasteiger partial charge >= 0.3 is 5.97 Å². The summed E-state index contributed by atoms with van der Waals surface area (Å²) in [6, 6.07) is 0. The lowest BCUT2D eigenvalue weighted by molar-refractivity contribution is -0.150. The van der Waals surface area contributed by atoms with E-state index in [-0.39, 0.29) is 12.5 Å². The van der Waals surface area contributed by atoms with Crippen molar-refractivity contribution in [3.8, 4) is 0 Å². The van der Waals surface area contributed by atoms with Crippen molar-refractivity contribution >= 4 is 17.8 Å². The predicted molar refractivity (Wildman–Crippen MR) is 60.0 cm³/mol. The quantitative estimate of drug-likeness (QED) is 0.706. The zero-order valence-electron chi connectivity index (χ0n) is 9.94. The van der Waals surface area contributed by atoms with Crippen molar-refractivity contribution < 1.29 is 19.5 Å². The Balaban J connectivity index is 2.77. The summed E-state index contributed by atoms with van der Waals surface area (Å²) in [6.45, 7) is 1.01. The molecule has 17 heavy (non-hydrogen) atoms. The smallest absolute Gasteiger partial charge is 0.323 e. The SMILES string of the molecule is CC1(C(=O)N(CC(N)=O)CC(=O)O)CCCC1. The third-order valence-electron chi connectivity index (χ3n) is 3.18. The second kappa shape index (κ2) is 5.16. The monoisotopic (exact) mass is 242 g/mol. The van der Waals surface area contributed by atoms with Gasteiger partial charge in [0.25, 0.3) is 0 Å². The molecule has 6 heteroatoms. The lowest BCUT2D eigenvalue weighted by Gasteiger charge is -2.29. The Hall–Kier alpha value is -1.59. The van der Waals surface area contributed by atoms with E-state index in [1.54, 1.807) is 0 Å². The van der Waals surface area contributed by atoms with Crippen LogP contribution in [-0.4, -0.2) is 40.9 Å². The van der Waals surface area contributed by atoms with Crippen LogP contribution in [0.15, 0.2) is 0 Å². The van der Waals surface area contributed by atoms with Crippen LogP contribution in [0.2, 0.25) is 0 Å². The molecule has 0 aliphatic heterocycles.